The molecule has 1 saturated heterocycles. The first kappa shape index (κ1) is 15.8. The predicted molar refractivity (Wildman–Crippen MR) is 85.7 cm³/mol. The zero-order valence-electron chi connectivity index (χ0n) is 14.2. The molecular weight excluding hydrogens is 322 g/mol. The van der Waals surface area contributed by atoms with Crippen molar-refractivity contribution in [2.45, 2.75) is 31.7 Å². The van der Waals surface area contributed by atoms with Crippen molar-refractivity contribution in [2.24, 2.45) is 0 Å². The van der Waals surface area contributed by atoms with Gasteiger partial charge in [0.2, 0.25) is 11.7 Å². The molecule has 1 atom stereocenters. The first-order valence-corrected chi connectivity index (χ1v) is 8.40. The van der Waals surface area contributed by atoms with Gasteiger partial charge in [-0.2, -0.15) is 10.2 Å². The Morgan fingerprint density at radius 3 is 2.88 bits per heavy atom. The Labute approximate surface area is 145 Å². The molecule has 4 rings (SSSR count). The number of aromatic nitrogens is 2. The van der Waals surface area contributed by atoms with Crippen molar-refractivity contribution in [2.75, 3.05) is 26.7 Å². The Morgan fingerprint density at radius 2 is 2.20 bits per heavy atom. The van der Waals surface area contributed by atoms with Crippen LogP contribution in [0.15, 0.2) is 15.0 Å². The van der Waals surface area contributed by atoms with Gasteiger partial charge in [0, 0.05) is 31.6 Å². The molecule has 2 fully saturated rings. The molecule has 1 aliphatic heterocycles. The first-order valence-electron chi connectivity index (χ1n) is 8.40. The Balaban J connectivity index is 1.53. The summed E-state index contributed by atoms with van der Waals surface area (Å²) in [4.78, 5) is 21.2. The van der Waals surface area contributed by atoms with Crippen LogP contribution >= 0.6 is 0 Å². The summed E-state index contributed by atoms with van der Waals surface area (Å²) < 4.78 is 10.7. The topological polar surface area (TPSA) is 99.4 Å². The molecule has 0 unspecified atom stereocenters. The average Bonchev–Trinajstić information content (AvgIpc) is 3.22. The van der Waals surface area contributed by atoms with E-state index in [1.54, 1.807) is 11.8 Å². The molecule has 3 heterocycles. The lowest BCUT2D eigenvalue weighted by Crippen LogP contribution is -2.49. The summed E-state index contributed by atoms with van der Waals surface area (Å²) >= 11 is 0. The SMILES string of the molecule is Cc1oc(C#N)cc1C(=O)N1CCN(C)[C@H](c2nc(C3CC3)no2)C1. The fourth-order valence-corrected chi connectivity index (χ4v) is 3.13. The Hall–Kier alpha value is -2.66. The number of nitriles is 1. The maximum Gasteiger partial charge on any atom is 0.257 e. The number of amides is 1. The monoisotopic (exact) mass is 341 g/mol. The predicted octanol–water partition coefficient (Wildman–Crippen LogP) is 1.85. The molecule has 0 bridgehead atoms. The number of furan rings is 1. The van der Waals surface area contributed by atoms with E-state index in [1.807, 2.05) is 13.1 Å². The van der Waals surface area contributed by atoms with Crippen LogP contribution in [0.2, 0.25) is 0 Å². The van der Waals surface area contributed by atoms with E-state index in [0.29, 0.717) is 42.8 Å². The second kappa shape index (κ2) is 6.01. The molecule has 2 aromatic heterocycles. The van der Waals surface area contributed by atoms with E-state index >= 15 is 0 Å². The van der Waals surface area contributed by atoms with Crippen LogP contribution in [-0.2, 0) is 0 Å². The maximum atomic E-state index is 12.8. The minimum Gasteiger partial charge on any atom is -0.450 e. The summed E-state index contributed by atoms with van der Waals surface area (Å²) in [7, 11) is 1.99. The minimum absolute atomic E-state index is 0.125. The molecule has 25 heavy (non-hydrogen) atoms. The van der Waals surface area contributed by atoms with Crippen molar-refractivity contribution in [1.82, 2.24) is 19.9 Å². The second-order valence-electron chi connectivity index (χ2n) is 6.70. The van der Waals surface area contributed by atoms with Gasteiger partial charge >= 0.3 is 0 Å². The third-order valence-corrected chi connectivity index (χ3v) is 4.88. The summed E-state index contributed by atoms with van der Waals surface area (Å²) in [5, 5.41) is 13.0. The van der Waals surface area contributed by atoms with Crippen LogP contribution in [-0.4, -0.2) is 52.5 Å². The van der Waals surface area contributed by atoms with Gasteiger partial charge in [-0.15, -0.1) is 0 Å². The van der Waals surface area contributed by atoms with Crippen LogP contribution in [0, 0.1) is 18.3 Å². The van der Waals surface area contributed by atoms with Crippen molar-refractivity contribution in [1.29, 1.82) is 5.26 Å². The van der Waals surface area contributed by atoms with Gasteiger partial charge in [-0.25, -0.2) is 0 Å². The first-order chi connectivity index (χ1) is 12.1. The number of hydrogen-bond donors (Lipinski definition) is 0. The molecule has 130 valence electrons. The Morgan fingerprint density at radius 1 is 1.40 bits per heavy atom. The number of nitrogens with zero attached hydrogens (tertiary/aromatic N) is 5. The largest absolute Gasteiger partial charge is 0.450 e. The van der Waals surface area contributed by atoms with Crippen LogP contribution in [0.25, 0.3) is 0 Å². The van der Waals surface area contributed by atoms with E-state index in [1.165, 1.54) is 6.07 Å². The van der Waals surface area contributed by atoms with Crippen molar-refractivity contribution in [3.8, 4) is 6.07 Å². The maximum absolute atomic E-state index is 12.8. The smallest absolute Gasteiger partial charge is 0.257 e. The summed E-state index contributed by atoms with van der Waals surface area (Å²) in [5.74, 6) is 2.24. The fraction of sp³-hybridized carbons (Fsp3) is 0.529. The van der Waals surface area contributed by atoms with E-state index in [9.17, 15) is 4.79 Å². The highest BCUT2D eigenvalue weighted by Gasteiger charge is 2.35. The van der Waals surface area contributed by atoms with Gasteiger partial charge in [-0.05, 0) is 26.8 Å². The molecule has 0 radical (unpaired) electrons. The lowest BCUT2D eigenvalue weighted by Gasteiger charge is -2.37. The van der Waals surface area contributed by atoms with E-state index in [2.05, 4.69) is 15.0 Å². The highest BCUT2D eigenvalue weighted by molar-refractivity contribution is 5.95. The highest BCUT2D eigenvalue weighted by atomic mass is 16.5. The quantitative estimate of drug-likeness (QED) is 0.840. The van der Waals surface area contributed by atoms with E-state index < -0.39 is 0 Å². The third kappa shape index (κ3) is 2.91. The van der Waals surface area contributed by atoms with Gasteiger partial charge in [0.1, 0.15) is 17.9 Å². The third-order valence-electron chi connectivity index (χ3n) is 4.88. The fourth-order valence-electron chi connectivity index (χ4n) is 3.13. The van der Waals surface area contributed by atoms with Crippen LogP contribution in [0.1, 0.15) is 58.4 Å². The summed E-state index contributed by atoms with van der Waals surface area (Å²) in [5.41, 5.74) is 0.434. The lowest BCUT2D eigenvalue weighted by molar-refractivity contribution is 0.0487. The number of rotatable bonds is 3. The molecular formula is C17H19N5O3. The van der Waals surface area contributed by atoms with Crippen LogP contribution < -0.4 is 0 Å². The molecule has 1 saturated carbocycles. The minimum atomic E-state index is -0.136. The number of piperazine rings is 1. The zero-order chi connectivity index (χ0) is 17.6. The molecule has 1 amide bonds. The number of aryl methyl sites for hydroxylation is 1. The summed E-state index contributed by atoms with van der Waals surface area (Å²) in [6, 6.07) is 3.31. The molecule has 2 aromatic rings. The molecule has 8 nitrogen and oxygen atoms in total. The number of hydrogen-bond acceptors (Lipinski definition) is 7. The average molecular weight is 341 g/mol. The Kier molecular flexibility index (Phi) is 3.81. The van der Waals surface area contributed by atoms with Crippen molar-refractivity contribution >= 4 is 5.91 Å². The molecule has 0 N–H and O–H groups in total. The van der Waals surface area contributed by atoms with Gasteiger partial charge < -0.3 is 13.8 Å². The second-order valence-corrected chi connectivity index (χ2v) is 6.70. The molecule has 2 aliphatic rings. The van der Waals surface area contributed by atoms with Gasteiger partial charge in [0.05, 0.1) is 5.56 Å². The van der Waals surface area contributed by atoms with Gasteiger partial charge in [-0.1, -0.05) is 5.16 Å². The molecule has 0 aromatic carbocycles. The van der Waals surface area contributed by atoms with Crippen LogP contribution in [0.4, 0.5) is 0 Å². The van der Waals surface area contributed by atoms with Gasteiger partial charge in [-0.3, -0.25) is 9.69 Å². The zero-order valence-corrected chi connectivity index (χ0v) is 14.2. The normalized spacial score (nSPS) is 21.3. The molecule has 8 heteroatoms. The number of carbonyl (C=O) groups is 1. The molecule has 1 aliphatic carbocycles. The lowest BCUT2D eigenvalue weighted by atomic mass is 10.1. The summed E-state index contributed by atoms with van der Waals surface area (Å²) in [6.45, 7) is 3.47. The van der Waals surface area contributed by atoms with Crippen LogP contribution in [0.5, 0.6) is 0 Å². The van der Waals surface area contributed by atoms with Crippen LogP contribution in [0.3, 0.4) is 0 Å². The standard InChI is InChI=1S/C17H19N5O3/c1-10-13(7-12(8-18)24-10)17(23)22-6-5-21(2)14(9-22)16-19-15(20-25-16)11-3-4-11/h7,11,14H,3-6,9H2,1-2H3/t14-/m0/s1. The van der Waals surface area contributed by atoms with Gasteiger partial charge in [0.15, 0.2) is 5.82 Å². The Bertz CT molecular complexity index is 845. The van der Waals surface area contributed by atoms with Crippen molar-refractivity contribution in [3.63, 3.8) is 0 Å². The number of carbonyl (C=O) groups excluding carboxylic acids is 1. The van der Waals surface area contributed by atoms with Crippen molar-refractivity contribution in [3.05, 3.63) is 34.9 Å². The van der Waals surface area contributed by atoms with Crippen molar-refractivity contribution < 1.29 is 13.7 Å². The highest BCUT2D eigenvalue weighted by Crippen LogP contribution is 2.39. The molecule has 0 spiro atoms. The van der Waals surface area contributed by atoms with E-state index in [4.69, 9.17) is 14.2 Å². The van der Waals surface area contributed by atoms with E-state index in [-0.39, 0.29) is 17.7 Å². The van der Waals surface area contributed by atoms with Gasteiger partial charge in [0.25, 0.3) is 5.91 Å². The number of likely N-dealkylation sites (N-methyl/N-ethyl adjacent to an activating group) is 1. The summed E-state index contributed by atoms with van der Waals surface area (Å²) in [6.07, 6.45) is 2.23. The van der Waals surface area contributed by atoms with E-state index in [0.717, 1.165) is 18.7 Å².